The molecule has 0 aromatic carbocycles. The van der Waals surface area contributed by atoms with E-state index in [9.17, 15) is 4.79 Å². The first-order chi connectivity index (χ1) is 7.34. The van der Waals surface area contributed by atoms with Crippen molar-refractivity contribution < 1.29 is 4.79 Å². The average molecular weight is 205 g/mol. The number of rotatable bonds is 5. The summed E-state index contributed by atoms with van der Waals surface area (Å²) in [5.41, 5.74) is 0. The van der Waals surface area contributed by atoms with Gasteiger partial charge in [0.2, 0.25) is 5.91 Å². The zero-order chi connectivity index (χ0) is 10.5. The second-order valence-electron chi connectivity index (χ2n) is 3.74. The Morgan fingerprint density at radius 3 is 3.00 bits per heavy atom. The van der Waals surface area contributed by atoms with Gasteiger partial charge in [-0.25, -0.2) is 4.98 Å². The number of carbonyl (C=O) groups is 1. The van der Waals surface area contributed by atoms with E-state index in [4.69, 9.17) is 0 Å². The second kappa shape index (κ2) is 4.89. The molecule has 4 heteroatoms. The summed E-state index contributed by atoms with van der Waals surface area (Å²) in [7, 11) is 0. The van der Waals surface area contributed by atoms with Crippen LogP contribution in [0.4, 0.5) is 5.82 Å². The number of nitrogens with zero attached hydrogens (tertiary/aromatic N) is 1. The van der Waals surface area contributed by atoms with Gasteiger partial charge >= 0.3 is 0 Å². The molecule has 0 spiro atoms. The number of amides is 1. The zero-order valence-corrected chi connectivity index (χ0v) is 8.57. The second-order valence-corrected chi connectivity index (χ2v) is 3.74. The quantitative estimate of drug-likeness (QED) is 0.758. The summed E-state index contributed by atoms with van der Waals surface area (Å²) in [6.07, 6.45) is 4.68. The smallest absolute Gasteiger partial charge is 0.226 e. The van der Waals surface area contributed by atoms with Crippen molar-refractivity contribution in [3.8, 4) is 0 Å². The molecule has 1 saturated carbocycles. The third kappa shape index (κ3) is 3.67. The molecule has 1 aliphatic carbocycles. The Balaban J connectivity index is 1.67. The minimum absolute atomic E-state index is 0.0156. The molecular weight excluding hydrogens is 190 g/mol. The van der Waals surface area contributed by atoms with Crippen LogP contribution in [0.5, 0.6) is 0 Å². The molecule has 0 saturated heterocycles. The Morgan fingerprint density at radius 1 is 1.47 bits per heavy atom. The van der Waals surface area contributed by atoms with Gasteiger partial charge in [-0.15, -0.1) is 0 Å². The lowest BCUT2D eigenvalue weighted by Gasteiger charge is -2.04. The van der Waals surface area contributed by atoms with Crippen LogP contribution in [0.25, 0.3) is 0 Å². The number of anilines is 1. The summed E-state index contributed by atoms with van der Waals surface area (Å²) in [5, 5.41) is 6.04. The summed E-state index contributed by atoms with van der Waals surface area (Å²) in [6, 6.07) is 6.12. The maximum Gasteiger partial charge on any atom is 0.226 e. The van der Waals surface area contributed by atoms with Gasteiger partial charge < -0.3 is 10.6 Å². The average Bonchev–Trinajstić information content (AvgIpc) is 3.03. The van der Waals surface area contributed by atoms with E-state index in [1.54, 1.807) is 12.3 Å². The summed E-state index contributed by atoms with van der Waals surface area (Å²) in [6.45, 7) is 0.753. The van der Waals surface area contributed by atoms with E-state index in [2.05, 4.69) is 15.6 Å². The Kier molecular flexibility index (Phi) is 3.29. The Morgan fingerprint density at radius 2 is 2.33 bits per heavy atom. The monoisotopic (exact) mass is 205 g/mol. The minimum atomic E-state index is 0.0156. The topological polar surface area (TPSA) is 54.0 Å². The molecule has 0 atom stereocenters. The lowest BCUT2D eigenvalue weighted by molar-refractivity contribution is -0.116. The zero-order valence-electron chi connectivity index (χ0n) is 8.57. The Labute approximate surface area is 89.1 Å². The molecule has 1 aliphatic rings. The van der Waals surface area contributed by atoms with Gasteiger partial charge in [-0.05, 0) is 25.0 Å². The number of carbonyl (C=O) groups excluding carboxylic acids is 1. The highest BCUT2D eigenvalue weighted by Crippen LogP contribution is 2.18. The van der Waals surface area contributed by atoms with Crippen LogP contribution in [0.3, 0.4) is 0 Å². The fourth-order valence-corrected chi connectivity index (χ4v) is 1.32. The molecule has 1 aromatic heterocycles. The molecule has 1 aromatic rings. The van der Waals surface area contributed by atoms with Crippen molar-refractivity contribution in [3.63, 3.8) is 0 Å². The lowest BCUT2D eigenvalue weighted by Crippen LogP contribution is -2.23. The highest BCUT2D eigenvalue weighted by molar-refractivity contribution is 5.89. The highest BCUT2D eigenvalue weighted by Gasteiger charge is 2.19. The van der Waals surface area contributed by atoms with Crippen LogP contribution in [-0.2, 0) is 4.79 Å². The van der Waals surface area contributed by atoms with Crippen molar-refractivity contribution in [1.82, 2.24) is 10.3 Å². The fourth-order valence-electron chi connectivity index (χ4n) is 1.32. The first kappa shape index (κ1) is 10.1. The largest absolute Gasteiger partial charge is 0.313 e. The summed E-state index contributed by atoms with van der Waals surface area (Å²) in [4.78, 5) is 15.4. The molecule has 80 valence electrons. The first-order valence-corrected chi connectivity index (χ1v) is 5.29. The predicted molar refractivity (Wildman–Crippen MR) is 58.5 cm³/mol. The molecule has 0 unspecified atom stereocenters. The van der Waals surface area contributed by atoms with Crippen LogP contribution < -0.4 is 10.6 Å². The molecule has 2 rings (SSSR count). The van der Waals surface area contributed by atoms with E-state index in [-0.39, 0.29) is 5.91 Å². The van der Waals surface area contributed by atoms with Crippen LogP contribution in [-0.4, -0.2) is 23.5 Å². The Hall–Kier alpha value is -1.42. The van der Waals surface area contributed by atoms with Gasteiger partial charge in [0.15, 0.2) is 0 Å². The van der Waals surface area contributed by atoms with Crippen molar-refractivity contribution in [2.45, 2.75) is 25.3 Å². The SMILES string of the molecule is O=C(CCNC1CC1)Nc1ccccn1. The molecule has 1 fully saturated rings. The van der Waals surface area contributed by atoms with Gasteiger partial charge in [0.05, 0.1) is 0 Å². The van der Waals surface area contributed by atoms with E-state index < -0.39 is 0 Å². The van der Waals surface area contributed by atoms with Crippen LogP contribution in [0, 0.1) is 0 Å². The van der Waals surface area contributed by atoms with E-state index in [0.717, 1.165) is 6.54 Å². The van der Waals surface area contributed by atoms with Crippen LogP contribution in [0.2, 0.25) is 0 Å². The lowest BCUT2D eigenvalue weighted by atomic mass is 10.3. The van der Waals surface area contributed by atoms with Crippen molar-refractivity contribution in [2.75, 3.05) is 11.9 Å². The normalized spacial score (nSPS) is 14.9. The minimum Gasteiger partial charge on any atom is -0.313 e. The van der Waals surface area contributed by atoms with Crippen LogP contribution >= 0.6 is 0 Å². The van der Waals surface area contributed by atoms with E-state index in [1.807, 2.05) is 12.1 Å². The summed E-state index contributed by atoms with van der Waals surface area (Å²) >= 11 is 0. The van der Waals surface area contributed by atoms with Crippen molar-refractivity contribution in [1.29, 1.82) is 0 Å². The molecule has 0 radical (unpaired) electrons. The van der Waals surface area contributed by atoms with Crippen LogP contribution in [0.1, 0.15) is 19.3 Å². The molecule has 0 bridgehead atoms. The first-order valence-electron chi connectivity index (χ1n) is 5.29. The van der Waals surface area contributed by atoms with E-state index in [1.165, 1.54) is 12.8 Å². The molecule has 4 nitrogen and oxygen atoms in total. The molecule has 2 N–H and O–H groups in total. The van der Waals surface area contributed by atoms with Crippen LogP contribution in [0.15, 0.2) is 24.4 Å². The van der Waals surface area contributed by atoms with Gasteiger partial charge in [-0.1, -0.05) is 6.07 Å². The predicted octanol–water partition coefficient (Wildman–Crippen LogP) is 1.16. The molecule has 15 heavy (non-hydrogen) atoms. The van der Waals surface area contributed by atoms with Gasteiger partial charge in [0.1, 0.15) is 5.82 Å². The number of aromatic nitrogens is 1. The summed E-state index contributed by atoms with van der Waals surface area (Å²) < 4.78 is 0. The molecule has 1 amide bonds. The van der Waals surface area contributed by atoms with Gasteiger partial charge in [0, 0.05) is 25.2 Å². The number of hydrogen-bond donors (Lipinski definition) is 2. The molecule has 0 aliphatic heterocycles. The number of nitrogens with one attached hydrogen (secondary N) is 2. The number of hydrogen-bond acceptors (Lipinski definition) is 3. The van der Waals surface area contributed by atoms with Gasteiger partial charge in [-0.3, -0.25) is 4.79 Å². The van der Waals surface area contributed by atoms with Crippen molar-refractivity contribution in [2.24, 2.45) is 0 Å². The third-order valence-corrected chi connectivity index (χ3v) is 2.29. The van der Waals surface area contributed by atoms with E-state index >= 15 is 0 Å². The fraction of sp³-hybridized carbons (Fsp3) is 0.455. The maximum absolute atomic E-state index is 11.4. The van der Waals surface area contributed by atoms with E-state index in [0.29, 0.717) is 18.3 Å². The van der Waals surface area contributed by atoms with Crippen molar-refractivity contribution in [3.05, 3.63) is 24.4 Å². The van der Waals surface area contributed by atoms with Crippen molar-refractivity contribution >= 4 is 11.7 Å². The molecule has 1 heterocycles. The standard InChI is InChI=1S/C11H15N3O/c15-11(6-8-12-9-4-5-9)14-10-3-1-2-7-13-10/h1-3,7,9,12H,4-6,8H2,(H,13,14,15). The number of pyridine rings is 1. The summed E-state index contributed by atoms with van der Waals surface area (Å²) in [5.74, 6) is 0.635. The molecular formula is C11H15N3O. The maximum atomic E-state index is 11.4. The highest BCUT2D eigenvalue weighted by atomic mass is 16.1. The third-order valence-electron chi connectivity index (χ3n) is 2.29. The Bertz CT molecular complexity index is 322. The van der Waals surface area contributed by atoms with Gasteiger partial charge in [-0.2, -0.15) is 0 Å². The van der Waals surface area contributed by atoms with Gasteiger partial charge in [0.25, 0.3) is 0 Å².